The molecule has 0 radical (unpaired) electrons. The van der Waals surface area contributed by atoms with Crippen molar-refractivity contribution >= 4 is 17.5 Å². The summed E-state index contributed by atoms with van der Waals surface area (Å²) in [6, 6.07) is 16.9. The first-order valence-electron chi connectivity index (χ1n) is 10.3. The maximum absolute atomic E-state index is 12.3. The summed E-state index contributed by atoms with van der Waals surface area (Å²) in [7, 11) is 1.50. The number of carbonyl (C=O) groups excluding carboxylic acids is 1. The monoisotopic (exact) mass is 473 g/mol. The van der Waals surface area contributed by atoms with Gasteiger partial charge in [-0.15, -0.1) is 10.2 Å². The number of nitro groups is 1. The molecular weight excluding hydrogens is 454 g/mol. The molecule has 1 aromatic heterocycles. The standard InChI is InChI=1S/C25H19N3O7/c1-33-23-14-16(2-12-21(30)17-6-10-20(29)11-7-17)3-13-22(23)34-15-24-26-27-25(35-24)18-4-8-19(9-5-18)28(31)32/h2-14,29H,15H2,1H3/b12-2+. The van der Waals surface area contributed by atoms with Gasteiger partial charge in [-0.3, -0.25) is 14.9 Å². The summed E-state index contributed by atoms with van der Waals surface area (Å²) in [5.74, 6) is 1.19. The van der Waals surface area contributed by atoms with E-state index >= 15 is 0 Å². The lowest BCUT2D eigenvalue weighted by Crippen LogP contribution is -1.98. The SMILES string of the molecule is COc1cc(/C=C/C(=O)c2ccc(O)cc2)ccc1OCc1nnc(-c2ccc([N+](=O)[O-])cc2)o1. The fourth-order valence-electron chi connectivity index (χ4n) is 3.09. The molecule has 0 amide bonds. The topological polar surface area (TPSA) is 138 Å². The Kier molecular flexibility index (Phi) is 6.82. The van der Waals surface area contributed by atoms with Crippen molar-refractivity contribution in [2.24, 2.45) is 0 Å². The molecule has 0 saturated carbocycles. The molecule has 4 aromatic rings. The second kappa shape index (κ2) is 10.3. The summed E-state index contributed by atoms with van der Waals surface area (Å²) in [5.41, 5.74) is 1.69. The van der Waals surface area contributed by atoms with E-state index in [2.05, 4.69) is 10.2 Å². The number of carbonyl (C=O) groups is 1. The predicted octanol–water partition coefficient (Wildman–Crippen LogP) is 4.83. The third-order valence-corrected chi connectivity index (χ3v) is 4.91. The third-order valence-electron chi connectivity index (χ3n) is 4.91. The van der Waals surface area contributed by atoms with Gasteiger partial charge in [0.2, 0.25) is 5.89 Å². The Morgan fingerprint density at radius 2 is 1.80 bits per heavy atom. The van der Waals surface area contributed by atoms with Crippen molar-refractivity contribution in [3.05, 3.63) is 99.9 Å². The molecule has 0 spiro atoms. The Morgan fingerprint density at radius 1 is 1.06 bits per heavy atom. The zero-order valence-corrected chi connectivity index (χ0v) is 18.5. The van der Waals surface area contributed by atoms with Crippen LogP contribution in [0.5, 0.6) is 17.2 Å². The van der Waals surface area contributed by atoms with Crippen LogP contribution < -0.4 is 9.47 Å². The molecule has 0 saturated heterocycles. The van der Waals surface area contributed by atoms with Gasteiger partial charge in [0.25, 0.3) is 11.6 Å². The molecule has 0 unspecified atom stereocenters. The highest BCUT2D eigenvalue weighted by Gasteiger charge is 2.13. The second-order valence-corrected chi connectivity index (χ2v) is 7.25. The number of hydrogen-bond acceptors (Lipinski definition) is 9. The van der Waals surface area contributed by atoms with Crippen LogP contribution in [0.15, 0.2) is 77.2 Å². The zero-order chi connectivity index (χ0) is 24.8. The number of phenols is 1. The third kappa shape index (κ3) is 5.69. The van der Waals surface area contributed by atoms with Crippen molar-refractivity contribution in [1.29, 1.82) is 0 Å². The first kappa shape index (κ1) is 23.2. The first-order chi connectivity index (χ1) is 16.9. The van der Waals surface area contributed by atoms with E-state index < -0.39 is 4.92 Å². The number of non-ortho nitro benzene ring substituents is 1. The largest absolute Gasteiger partial charge is 0.508 e. The van der Waals surface area contributed by atoms with E-state index in [9.17, 15) is 20.0 Å². The minimum Gasteiger partial charge on any atom is -0.508 e. The second-order valence-electron chi connectivity index (χ2n) is 7.25. The van der Waals surface area contributed by atoms with E-state index in [1.165, 1.54) is 49.6 Å². The average molecular weight is 473 g/mol. The molecule has 4 rings (SSSR count). The Bertz CT molecular complexity index is 1380. The highest BCUT2D eigenvalue weighted by molar-refractivity contribution is 6.06. The summed E-state index contributed by atoms with van der Waals surface area (Å²) in [4.78, 5) is 22.6. The van der Waals surface area contributed by atoms with Crippen molar-refractivity contribution in [2.75, 3.05) is 7.11 Å². The molecule has 3 aromatic carbocycles. The van der Waals surface area contributed by atoms with Crippen molar-refractivity contribution < 1.29 is 28.7 Å². The summed E-state index contributed by atoms with van der Waals surface area (Å²) in [6.07, 6.45) is 3.08. The summed E-state index contributed by atoms with van der Waals surface area (Å²) < 4.78 is 16.7. The molecule has 0 fully saturated rings. The molecular formula is C25H19N3O7. The minimum atomic E-state index is -0.487. The van der Waals surface area contributed by atoms with Crippen LogP contribution in [0.25, 0.3) is 17.5 Å². The fourth-order valence-corrected chi connectivity index (χ4v) is 3.09. The summed E-state index contributed by atoms with van der Waals surface area (Å²) >= 11 is 0. The van der Waals surface area contributed by atoms with Crippen LogP contribution in [0, 0.1) is 10.1 Å². The van der Waals surface area contributed by atoms with E-state index in [1.54, 1.807) is 36.4 Å². The number of benzene rings is 3. The molecule has 1 N–H and O–H groups in total. The van der Waals surface area contributed by atoms with Gasteiger partial charge >= 0.3 is 0 Å². The first-order valence-corrected chi connectivity index (χ1v) is 10.3. The molecule has 0 aliphatic carbocycles. The van der Waals surface area contributed by atoms with Crippen LogP contribution in [-0.4, -0.2) is 33.1 Å². The van der Waals surface area contributed by atoms with Gasteiger partial charge in [0.05, 0.1) is 12.0 Å². The van der Waals surface area contributed by atoms with Crippen molar-refractivity contribution in [3.8, 4) is 28.7 Å². The Hall–Kier alpha value is -4.99. The number of rotatable bonds is 9. The number of ether oxygens (including phenoxy) is 2. The summed E-state index contributed by atoms with van der Waals surface area (Å²) in [5, 5.41) is 28.0. The molecule has 0 bridgehead atoms. The smallest absolute Gasteiger partial charge is 0.269 e. The average Bonchev–Trinajstić information content (AvgIpc) is 3.35. The van der Waals surface area contributed by atoms with Gasteiger partial charge in [-0.05, 0) is 60.2 Å². The molecule has 10 nitrogen and oxygen atoms in total. The lowest BCUT2D eigenvalue weighted by Gasteiger charge is -2.10. The number of phenolic OH excluding ortho intramolecular Hbond substituents is 1. The van der Waals surface area contributed by atoms with Gasteiger partial charge in [0.1, 0.15) is 5.75 Å². The molecule has 0 aliphatic heterocycles. The number of methoxy groups -OCH3 is 1. The van der Waals surface area contributed by atoms with Crippen LogP contribution in [0.2, 0.25) is 0 Å². The van der Waals surface area contributed by atoms with Gasteiger partial charge in [-0.1, -0.05) is 12.1 Å². The molecule has 0 aliphatic rings. The van der Waals surface area contributed by atoms with Crippen LogP contribution >= 0.6 is 0 Å². The summed E-state index contributed by atoms with van der Waals surface area (Å²) in [6.45, 7) is -0.0230. The number of aromatic nitrogens is 2. The number of aromatic hydroxyl groups is 1. The fraction of sp³-hybridized carbons (Fsp3) is 0.0800. The molecule has 10 heteroatoms. The van der Waals surface area contributed by atoms with Crippen LogP contribution in [-0.2, 0) is 6.61 Å². The van der Waals surface area contributed by atoms with Crippen molar-refractivity contribution in [1.82, 2.24) is 10.2 Å². The predicted molar refractivity (Wildman–Crippen MR) is 125 cm³/mol. The lowest BCUT2D eigenvalue weighted by molar-refractivity contribution is -0.384. The highest BCUT2D eigenvalue weighted by atomic mass is 16.6. The number of nitro benzene ring substituents is 1. The molecule has 35 heavy (non-hydrogen) atoms. The van der Waals surface area contributed by atoms with E-state index in [1.807, 2.05) is 0 Å². The van der Waals surface area contributed by atoms with Crippen LogP contribution in [0.4, 0.5) is 5.69 Å². The lowest BCUT2D eigenvalue weighted by atomic mass is 10.1. The Balaban J connectivity index is 1.40. The quantitative estimate of drug-likeness (QED) is 0.157. The number of hydrogen-bond donors (Lipinski definition) is 1. The molecule has 1 heterocycles. The Morgan fingerprint density at radius 3 is 2.49 bits per heavy atom. The van der Waals surface area contributed by atoms with Crippen molar-refractivity contribution in [3.63, 3.8) is 0 Å². The van der Waals surface area contributed by atoms with E-state index in [-0.39, 0.29) is 35.6 Å². The van der Waals surface area contributed by atoms with Gasteiger partial charge in [0.15, 0.2) is 23.9 Å². The molecule has 0 atom stereocenters. The maximum atomic E-state index is 12.3. The highest BCUT2D eigenvalue weighted by Crippen LogP contribution is 2.30. The molecule has 176 valence electrons. The number of ketones is 1. The van der Waals surface area contributed by atoms with E-state index in [4.69, 9.17) is 13.9 Å². The van der Waals surface area contributed by atoms with Crippen LogP contribution in [0.1, 0.15) is 21.8 Å². The van der Waals surface area contributed by atoms with Gasteiger partial charge in [0, 0.05) is 23.3 Å². The Labute approximate surface area is 199 Å². The van der Waals surface area contributed by atoms with E-state index in [0.29, 0.717) is 22.6 Å². The minimum absolute atomic E-state index is 0.0230. The van der Waals surface area contributed by atoms with Gasteiger partial charge in [-0.2, -0.15) is 0 Å². The van der Waals surface area contributed by atoms with Crippen molar-refractivity contribution in [2.45, 2.75) is 6.61 Å². The van der Waals surface area contributed by atoms with Gasteiger partial charge < -0.3 is 19.0 Å². The number of nitrogens with zero attached hydrogens (tertiary/aromatic N) is 3. The zero-order valence-electron chi connectivity index (χ0n) is 18.5. The van der Waals surface area contributed by atoms with E-state index in [0.717, 1.165) is 5.56 Å². The number of allylic oxidation sites excluding steroid dienone is 1. The normalized spacial score (nSPS) is 10.9. The maximum Gasteiger partial charge on any atom is 0.269 e. The van der Waals surface area contributed by atoms with Crippen LogP contribution in [0.3, 0.4) is 0 Å². The van der Waals surface area contributed by atoms with Gasteiger partial charge in [-0.25, -0.2) is 0 Å².